The fourth-order valence-electron chi connectivity index (χ4n) is 2.01. The highest BCUT2D eigenvalue weighted by Gasteiger charge is 2.09. The molecule has 0 aliphatic rings. The van der Waals surface area contributed by atoms with Crippen LogP contribution < -0.4 is 5.32 Å². The number of imidazole rings is 1. The zero-order chi connectivity index (χ0) is 15.4. The molecule has 0 unspecified atom stereocenters. The summed E-state index contributed by atoms with van der Waals surface area (Å²) in [6.07, 6.45) is 0. The van der Waals surface area contributed by atoms with Crippen molar-refractivity contribution in [1.29, 1.82) is 5.26 Å². The van der Waals surface area contributed by atoms with E-state index in [1.165, 1.54) is 11.8 Å². The Bertz CT molecular complexity index is 833. The van der Waals surface area contributed by atoms with Gasteiger partial charge in [-0.25, -0.2) is 4.98 Å². The number of carbonyl (C=O) groups excluding carboxylic acids is 1. The Kier molecular flexibility index (Phi) is 4.08. The molecule has 2 aromatic carbocycles. The molecule has 0 saturated carbocycles. The summed E-state index contributed by atoms with van der Waals surface area (Å²) in [5.74, 6) is 0.0488. The van der Waals surface area contributed by atoms with Crippen molar-refractivity contribution in [2.75, 3.05) is 11.1 Å². The zero-order valence-corrected chi connectivity index (χ0v) is 12.4. The highest BCUT2D eigenvalue weighted by Crippen LogP contribution is 2.20. The largest absolute Gasteiger partial charge is 0.333 e. The highest BCUT2D eigenvalue weighted by molar-refractivity contribution is 7.99. The standard InChI is InChI=1S/C16H12N4OS/c17-9-11-5-1-2-6-12(11)18-15(21)10-22-16-19-13-7-3-4-8-14(13)20-16/h1-8H,10H2,(H,18,21)(H,19,20). The van der Waals surface area contributed by atoms with Gasteiger partial charge in [0.2, 0.25) is 5.91 Å². The van der Waals surface area contributed by atoms with E-state index in [2.05, 4.69) is 21.4 Å². The van der Waals surface area contributed by atoms with Crippen LogP contribution in [0.25, 0.3) is 11.0 Å². The van der Waals surface area contributed by atoms with Gasteiger partial charge in [-0.3, -0.25) is 4.79 Å². The fourth-order valence-corrected chi connectivity index (χ4v) is 2.69. The van der Waals surface area contributed by atoms with Crippen LogP contribution in [0.1, 0.15) is 5.56 Å². The molecule has 0 bridgehead atoms. The van der Waals surface area contributed by atoms with Crippen LogP contribution in [0.3, 0.4) is 0 Å². The van der Waals surface area contributed by atoms with E-state index in [0.717, 1.165) is 11.0 Å². The smallest absolute Gasteiger partial charge is 0.234 e. The van der Waals surface area contributed by atoms with E-state index in [9.17, 15) is 4.79 Å². The first kappa shape index (κ1) is 14.2. The Hall–Kier alpha value is -2.78. The van der Waals surface area contributed by atoms with Crippen molar-refractivity contribution in [1.82, 2.24) is 9.97 Å². The molecule has 1 aromatic heterocycles. The van der Waals surface area contributed by atoms with Gasteiger partial charge in [-0.05, 0) is 24.3 Å². The molecule has 108 valence electrons. The summed E-state index contributed by atoms with van der Waals surface area (Å²) in [4.78, 5) is 19.5. The molecule has 0 atom stereocenters. The van der Waals surface area contributed by atoms with E-state index in [1.54, 1.807) is 24.3 Å². The molecule has 1 amide bonds. The lowest BCUT2D eigenvalue weighted by Crippen LogP contribution is -2.14. The Labute approximate surface area is 131 Å². The van der Waals surface area contributed by atoms with Gasteiger partial charge in [0.1, 0.15) is 6.07 Å². The van der Waals surface area contributed by atoms with Crippen molar-refractivity contribution in [3.05, 3.63) is 54.1 Å². The van der Waals surface area contributed by atoms with E-state index in [-0.39, 0.29) is 11.7 Å². The molecule has 0 spiro atoms. The quantitative estimate of drug-likeness (QED) is 0.725. The van der Waals surface area contributed by atoms with Crippen LogP contribution in [-0.4, -0.2) is 21.6 Å². The van der Waals surface area contributed by atoms with Gasteiger partial charge in [0.05, 0.1) is 28.0 Å². The fraction of sp³-hybridized carbons (Fsp3) is 0.0625. The Morgan fingerprint density at radius 2 is 2.00 bits per heavy atom. The molecule has 5 nitrogen and oxygen atoms in total. The zero-order valence-electron chi connectivity index (χ0n) is 11.5. The second-order valence-electron chi connectivity index (χ2n) is 4.55. The van der Waals surface area contributed by atoms with E-state index < -0.39 is 0 Å². The van der Waals surface area contributed by atoms with Crippen LogP contribution in [-0.2, 0) is 4.79 Å². The SMILES string of the molecule is N#Cc1ccccc1NC(=O)CSc1nc2ccccc2[nH]1. The first-order chi connectivity index (χ1) is 10.8. The molecular formula is C16H12N4OS. The topological polar surface area (TPSA) is 81.6 Å². The van der Waals surface area contributed by atoms with E-state index >= 15 is 0 Å². The van der Waals surface area contributed by atoms with E-state index in [0.29, 0.717) is 16.4 Å². The monoisotopic (exact) mass is 308 g/mol. The van der Waals surface area contributed by atoms with Crippen molar-refractivity contribution < 1.29 is 4.79 Å². The van der Waals surface area contributed by atoms with Crippen LogP contribution in [0.15, 0.2) is 53.7 Å². The first-order valence-electron chi connectivity index (χ1n) is 6.63. The molecule has 2 N–H and O–H groups in total. The second kappa shape index (κ2) is 6.33. The summed E-state index contributed by atoms with van der Waals surface area (Å²) < 4.78 is 0. The molecule has 0 fully saturated rings. The molecule has 3 rings (SSSR count). The van der Waals surface area contributed by atoms with Crippen LogP contribution >= 0.6 is 11.8 Å². The molecule has 0 aliphatic heterocycles. The highest BCUT2D eigenvalue weighted by atomic mass is 32.2. The first-order valence-corrected chi connectivity index (χ1v) is 7.61. The average Bonchev–Trinajstić information content (AvgIpc) is 2.96. The van der Waals surface area contributed by atoms with Gasteiger partial charge in [-0.1, -0.05) is 36.0 Å². The Morgan fingerprint density at radius 1 is 1.23 bits per heavy atom. The lowest BCUT2D eigenvalue weighted by atomic mass is 10.2. The predicted molar refractivity (Wildman–Crippen MR) is 86.6 cm³/mol. The van der Waals surface area contributed by atoms with Gasteiger partial charge in [0.15, 0.2) is 5.16 Å². The van der Waals surface area contributed by atoms with Gasteiger partial charge in [-0.15, -0.1) is 0 Å². The van der Waals surface area contributed by atoms with Gasteiger partial charge in [0.25, 0.3) is 0 Å². The number of aromatic nitrogens is 2. The maximum atomic E-state index is 12.0. The number of benzene rings is 2. The lowest BCUT2D eigenvalue weighted by Gasteiger charge is -2.05. The number of hydrogen-bond acceptors (Lipinski definition) is 4. The summed E-state index contributed by atoms with van der Waals surface area (Å²) in [6.45, 7) is 0. The number of hydrogen-bond donors (Lipinski definition) is 2. The van der Waals surface area contributed by atoms with Crippen LogP contribution in [0.5, 0.6) is 0 Å². The molecule has 0 radical (unpaired) electrons. The molecule has 6 heteroatoms. The van der Waals surface area contributed by atoms with Crippen LogP contribution in [0.4, 0.5) is 5.69 Å². The number of nitrogens with zero attached hydrogens (tertiary/aromatic N) is 2. The van der Waals surface area contributed by atoms with Gasteiger partial charge >= 0.3 is 0 Å². The maximum Gasteiger partial charge on any atom is 0.234 e. The average molecular weight is 308 g/mol. The summed E-state index contributed by atoms with van der Waals surface area (Å²) in [5, 5.41) is 12.4. The van der Waals surface area contributed by atoms with Crippen molar-refractivity contribution in [2.24, 2.45) is 0 Å². The van der Waals surface area contributed by atoms with Crippen molar-refractivity contribution in [3.63, 3.8) is 0 Å². The third-order valence-electron chi connectivity index (χ3n) is 3.03. The number of thioether (sulfide) groups is 1. The number of amides is 1. The van der Waals surface area contributed by atoms with E-state index in [4.69, 9.17) is 5.26 Å². The summed E-state index contributed by atoms with van der Waals surface area (Å²) in [7, 11) is 0. The van der Waals surface area contributed by atoms with Crippen molar-refractivity contribution >= 4 is 34.4 Å². The molecule has 1 heterocycles. The second-order valence-corrected chi connectivity index (χ2v) is 5.52. The molecule has 3 aromatic rings. The van der Waals surface area contributed by atoms with Crippen LogP contribution in [0.2, 0.25) is 0 Å². The lowest BCUT2D eigenvalue weighted by molar-refractivity contribution is -0.113. The molecule has 22 heavy (non-hydrogen) atoms. The predicted octanol–water partition coefficient (Wildman–Crippen LogP) is 3.17. The van der Waals surface area contributed by atoms with Crippen molar-refractivity contribution in [3.8, 4) is 6.07 Å². The maximum absolute atomic E-state index is 12.0. The van der Waals surface area contributed by atoms with E-state index in [1.807, 2.05) is 24.3 Å². The number of aromatic amines is 1. The Balaban J connectivity index is 1.64. The minimum Gasteiger partial charge on any atom is -0.333 e. The number of nitrogens with one attached hydrogen (secondary N) is 2. The van der Waals surface area contributed by atoms with Crippen LogP contribution in [0, 0.1) is 11.3 Å². The number of rotatable bonds is 4. The number of carbonyl (C=O) groups is 1. The van der Waals surface area contributed by atoms with Gasteiger partial charge < -0.3 is 10.3 Å². The summed E-state index contributed by atoms with van der Waals surface area (Å²) in [6, 6.07) is 16.7. The molecule has 0 saturated heterocycles. The summed E-state index contributed by atoms with van der Waals surface area (Å²) in [5.41, 5.74) is 2.80. The third-order valence-corrected chi connectivity index (χ3v) is 3.90. The van der Waals surface area contributed by atoms with Crippen molar-refractivity contribution in [2.45, 2.75) is 5.16 Å². The third kappa shape index (κ3) is 3.10. The van der Waals surface area contributed by atoms with Gasteiger partial charge in [-0.2, -0.15) is 5.26 Å². The number of H-pyrrole nitrogens is 1. The number of fused-ring (bicyclic) bond motifs is 1. The van der Waals surface area contributed by atoms with Gasteiger partial charge in [0, 0.05) is 0 Å². The Morgan fingerprint density at radius 3 is 2.82 bits per heavy atom. The summed E-state index contributed by atoms with van der Waals surface area (Å²) >= 11 is 1.33. The molecular weight excluding hydrogens is 296 g/mol. The number of para-hydroxylation sites is 3. The minimum absolute atomic E-state index is 0.173. The normalized spacial score (nSPS) is 10.3. The molecule has 0 aliphatic carbocycles. The number of anilines is 1. The minimum atomic E-state index is -0.173. The number of nitriles is 1.